The molecule has 0 fully saturated rings. The SMILES string of the molecule is Cn1c(-c2ccc3oc(=O)n(C)c3c2)cnc1N. The number of rotatable bonds is 1. The van der Waals surface area contributed by atoms with Crippen molar-refractivity contribution in [3.63, 3.8) is 0 Å². The number of oxazole rings is 1. The van der Waals surface area contributed by atoms with Gasteiger partial charge in [0.05, 0.1) is 17.4 Å². The molecule has 0 amide bonds. The highest BCUT2D eigenvalue weighted by molar-refractivity contribution is 5.80. The summed E-state index contributed by atoms with van der Waals surface area (Å²) in [5, 5.41) is 0. The van der Waals surface area contributed by atoms with Gasteiger partial charge in [0.25, 0.3) is 0 Å². The van der Waals surface area contributed by atoms with Gasteiger partial charge in [-0.25, -0.2) is 9.78 Å². The monoisotopic (exact) mass is 244 g/mol. The molecule has 3 rings (SSSR count). The lowest BCUT2D eigenvalue weighted by Crippen LogP contribution is -2.08. The van der Waals surface area contributed by atoms with Crippen LogP contribution < -0.4 is 11.5 Å². The molecule has 18 heavy (non-hydrogen) atoms. The number of nitrogen functional groups attached to an aromatic ring is 1. The van der Waals surface area contributed by atoms with E-state index in [4.69, 9.17) is 10.2 Å². The molecule has 6 heteroatoms. The van der Waals surface area contributed by atoms with Gasteiger partial charge in [-0.3, -0.25) is 4.57 Å². The molecule has 92 valence electrons. The number of nitrogens with zero attached hydrogens (tertiary/aromatic N) is 3. The minimum atomic E-state index is -0.369. The predicted molar refractivity (Wildman–Crippen MR) is 68.1 cm³/mol. The average molecular weight is 244 g/mol. The van der Waals surface area contributed by atoms with Crippen LogP contribution in [-0.2, 0) is 14.1 Å². The number of aromatic nitrogens is 3. The highest BCUT2D eigenvalue weighted by Gasteiger charge is 2.10. The molecule has 0 saturated carbocycles. The Balaban J connectivity index is 2.28. The zero-order valence-corrected chi connectivity index (χ0v) is 10.0. The molecule has 3 aromatic rings. The van der Waals surface area contributed by atoms with Crippen LogP contribution in [-0.4, -0.2) is 14.1 Å². The Morgan fingerprint density at radius 2 is 2.06 bits per heavy atom. The fourth-order valence-corrected chi connectivity index (χ4v) is 1.98. The third-order valence-electron chi connectivity index (χ3n) is 3.11. The minimum Gasteiger partial charge on any atom is -0.408 e. The molecule has 0 radical (unpaired) electrons. The van der Waals surface area contributed by atoms with Crippen LogP contribution in [0.3, 0.4) is 0 Å². The van der Waals surface area contributed by atoms with E-state index < -0.39 is 0 Å². The summed E-state index contributed by atoms with van der Waals surface area (Å²) >= 11 is 0. The number of fused-ring (bicyclic) bond motifs is 1. The number of anilines is 1. The van der Waals surface area contributed by atoms with Crippen molar-refractivity contribution in [1.29, 1.82) is 0 Å². The summed E-state index contributed by atoms with van der Waals surface area (Å²) in [6, 6.07) is 5.54. The quantitative estimate of drug-likeness (QED) is 0.695. The average Bonchev–Trinajstić information content (AvgIpc) is 2.83. The molecule has 2 N–H and O–H groups in total. The van der Waals surface area contributed by atoms with Crippen LogP contribution in [0.15, 0.2) is 33.6 Å². The van der Waals surface area contributed by atoms with Gasteiger partial charge < -0.3 is 14.7 Å². The second-order valence-corrected chi connectivity index (χ2v) is 4.17. The lowest BCUT2D eigenvalue weighted by Gasteiger charge is -2.03. The first-order valence-corrected chi connectivity index (χ1v) is 5.45. The smallest absolute Gasteiger partial charge is 0.408 e. The summed E-state index contributed by atoms with van der Waals surface area (Å²) in [6.45, 7) is 0. The van der Waals surface area contributed by atoms with Crippen molar-refractivity contribution < 1.29 is 4.42 Å². The molecule has 1 aromatic carbocycles. The van der Waals surface area contributed by atoms with Crippen molar-refractivity contribution in [3.8, 4) is 11.3 Å². The van der Waals surface area contributed by atoms with E-state index in [9.17, 15) is 4.79 Å². The molecule has 0 aliphatic rings. The zero-order chi connectivity index (χ0) is 12.9. The lowest BCUT2D eigenvalue weighted by molar-refractivity contribution is 0.528. The van der Waals surface area contributed by atoms with Crippen LogP contribution in [0, 0.1) is 0 Å². The van der Waals surface area contributed by atoms with Gasteiger partial charge in [0, 0.05) is 19.7 Å². The van der Waals surface area contributed by atoms with E-state index in [-0.39, 0.29) is 5.76 Å². The highest BCUT2D eigenvalue weighted by atomic mass is 16.4. The third-order valence-corrected chi connectivity index (χ3v) is 3.11. The topological polar surface area (TPSA) is 79.0 Å². The normalized spacial score (nSPS) is 11.2. The van der Waals surface area contributed by atoms with Gasteiger partial charge >= 0.3 is 5.76 Å². The van der Waals surface area contributed by atoms with Gasteiger partial charge in [-0.1, -0.05) is 0 Å². The van der Waals surface area contributed by atoms with Crippen molar-refractivity contribution in [3.05, 3.63) is 34.9 Å². The van der Waals surface area contributed by atoms with Crippen LogP contribution in [0.25, 0.3) is 22.4 Å². The van der Waals surface area contributed by atoms with Crippen LogP contribution in [0.2, 0.25) is 0 Å². The number of benzene rings is 1. The zero-order valence-electron chi connectivity index (χ0n) is 10.0. The maximum Gasteiger partial charge on any atom is 0.419 e. The summed E-state index contributed by atoms with van der Waals surface area (Å²) in [6.07, 6.45) is 1.70. The van der Waals surface area contributed by atoms with Crippen LogP contribution in [0.4, 0.5) is 5.95 Å². The van der Waals surface area contributed by atoms with Crippen LogP contribution >= 0.6 is 0 Å². The Morgan fingerprint density at radius 1 is 1.28 bits per heavy atom. The summed E-state index contributed by atoms with van der Waals surface area (Å²) in [5.74, 6) is 0.0813. The van der Waals surface area contributed by atoms with Crippen molar-refractivity contribution >= 4 is 17.0 Å². The Labute approximate surface area is 102 Å². The van der Waals surface area contributed by atoms with Crippen molar-refractivity contribution in [1.82, 2.24) is 14.1 Å². The molecular weight excluding hydrogens is 232 g/mol. The van der Waals surface area contributed by atoms with Gasteiger partial charge in [-0.05, 0) is 18.2 Å². The van der Waals surface area contributed by atoms with Gasteiger partial charge in [-0.2, -0.15) is 0 Å². The van der Waals surface area contributed by atoms with E-state index in [0.717, 1.165) is 16.8 Å². The first kappa shape index (κ1) is 10.6. The van der Waals surface area contributed by atoms with Gasteiger partial charge in [0.15, 0.2) is 11.5 Å². The molecule has 6 nitrogen and oxygen atoms in total. The van der Waals surface area contributed by atoms with E-state index in [1.807, 2.05) is 19.2 Å². The fourth-order valence-electron chi connectivity index (χ4n) is 1.98. The number of nitrogens with two attached hydrogens (primary N) is 1. The maximum absolute atomic E-state index is 11.4. The van der Waals surface area contributed by atoms with Gasteiger partial charge in [0.1, 0.15) is 0 Å². The van der Waals surface area contributed by atoms with E-state index in [2.05, 4.69) is 4.98 Å². The number of hydrogen-bond acceptors (Lipinski definition) is 4. The minimum absolute atomic E-state index is 0.369. The Morgan fingerprint density at radius 3 is 2.72 bits per heavy atom. The Kier molecular flexibility index (Phi) is 2.07. The fraction of sp³-hybridized carbons (Fsp3) is 0.167. The number of imidazole rings is 1. The molecule has 2 heterocycles. The molecule has 0 spiro atoms. The second kappa shape index (κ2) is 3.49. The first-order valence-electron chi connectivity index (χ1n) is 5.45. The molecule has 0 saturated heterocycles. The first-order chi connectivity index (χ1) is 8.58. The highest BCUT2D eigenvalue weighted by Crippen LogP contribution is 2.24. The predicted octanol–water partition coefficient (Wildman–Crippen LogP) is 1.11. The largest absolute Gasteiger partial charge is 0.419 e. The molecule has 0 atom stereocenters. The summed E-state index contributed by atoms with van der Waals surface area (Å²) in [4.78, 5) is 15.5. The summed E-state index contributed by atoms with van der Waals surface area (Å²) < 4.78 is 8.35. The number of hydrogen-bond donors (Lipinski definition) is 1. The van der Waals surface area contributed by atoms with Crippen LogP contribution in [0.1, 0.15) is 0 Å². The molecule has 0 aliphatic heterocycles. The summed E-state index contributed by atoms with van der Waals surface area (Å²) in [7, 11) is 3.52. The van der Waals surface area contributed by atoms with Crippen molar-refractivity contribution in [2.75, 3.05) is 5.73 Å². The van der Waals surface area contributed by atoms with E-state index in [1.54, 1.807) is 23.9 Å². The standard InChI is InChI=1S/C12H12N4O2/c1-15-9(6-14-11(15)13)7-3-4-10-8(5-7)16(2)12(17)18-10/h3-6H,1-2H3,(H2,13,14). The second-order valence-electron chi connectivity index (χ2n) is 4.17. The molecule has 0 aliphatic carbocycles. The lowest BCUT2D eigenvalue weighted by atomic mass is 10.1. The molecule has 2 aromatic heterocycles. The van der Waals surface area contributed by atoms with Crippen LogP contribution in [0.5, 0.6) is 0 Å². The van der Waals surface area contributed by atoms with Gasteiger partial charge in [-0.15, -0.1) is 0 Å². The van der Waals surface area contributed by atoms with E-state index in [1.165, 1.54) is 4.57 Å². The van der Waals surface area contributed by atoms with Crippen molar-refractivity contribution in [2.45, 2.75) is 0 Å². The Hall–Kier alpha value is -2.50. The summed E-state index contributed by atoms with van der Waals surface area (Å²) in [5.41, 5.74) is 8.85. The molecular formula is C12H12N4O2. The van der Waals surface area contributed by atoms with Crippen molar-refractivity contribution in [2.24, 2.45) is 14.1 Å². The molecule has 0 unspecified atom stereocenters. The Bertz CT molecular complexity index is 794. The maximum atomic E-state index is 11.4. The third kappa shape index (κ3) is 1.35. The number of aryl methyl sites for hydroxylation is 1. The van der Waals surface area contributed by atoms with Gasteiger partial charge in [0.2, 0.25) is 0 Å². The van der Waals surface area contributed by atoms with E-state index >= 15 is 0 Å². The molecule has 0 bridgehead atoms. The van der Waals surface area contributed by atoms with E-state index in [0.29, 0.717) is 11.5 Å².